The number of hydrogen-bond donors (Lipinski definition) is 0. The van der Waals surface area contributed by atoms with E-state index in [0.717, 1.165) is 0 Å². The van der Waals surface area contributed by atoms with Gasteiger partial charge in [-0.05, 0) is 23.7 Å². The molecule has 0 saturated carbocycles. The number of rotatable bonds is 2. The minimum atomic E-state index is -3.82. The molecule has 0 radical (unpaired) electrons. The van der Waals surface area contributed by atoms with Crippen LogP contribution in [-0.4, -0.2) is 8.42 Å². The Balaban J connectivity index is 3.10. The molecule has 1 aromatic rings. The van der Waals surface area contributed by atoms with Crippen molar-refractivity contribution < 1.29 is 12.8 Å². The Bertz CT molecular complexity index is 404. The first kappa shape index (κ1) is 9.64. The van der Waals surface area contributed by atoms with Crippen LogP contribution in [0.4, 0.5) is 0 Å². The van der Waals surface area contributed by atoms with Crippen LogP contribution >= 0.6 is 22.3 Å². The Morgan fingerprint density at radius 3 is 2.42 bits per heavy atom. The van der Waals surface area contributed by atoms with Crippen molar-refractivity contribution in [2.45, 2.75) is 0 Å². The molecular weight excluding hydrogens is 223 g/mol. The molecule has 0 aliphatic rings. The molecular formula is C6H4Cl2O3S. The monoisotopic (exact) mass is 226 g/mol. The highest BCUT2D eigenvalue weighted by molar-refractivity contribution is 8.21. The van der Waals surface area contributed by atoms with E-state index in [2.05, 4.69) is 6.58 Å². The van der Waals surface area contributed by atoms with Gasteiger partial charge >= 0.3 is 0 Å². The maximum Gasteiger partial charge on any atom is 0.264 e. The third-order valence-corrected chi connectivity index (χ3v) is 2.69. The molecule has 6 heteroatoms. The molecule has 0 amide bonds. The predicted molar refractivity (Wildman–Crippen MR) is 47.5 cm³/mol. The van der Waals surface area contributed by atoms with E-state index in [0.29, 0.717) is 0 Å². The summed E-state index contributed by atoms with van der Waals surface area (Å²) in [4.78, 5) is -0.295. The number of halogens is 2. The van der Waals surface area contributed by atoms with Crippen molar-refractivity contribution in [3.8, 4) is 0 Å². The number of hydrogen-bond acceptors (Lipinski definition) is 3. The summed E-state index contributed by atoms with van der Waals surface area (Å²) < 4.78 is 26.2. The van der Waals surface area contributed by atoms with Crippen LogP contribution in [0.15, 0.2) is 23.1 Å². The van der Waals surface area contributed by atoms with Gasteiger partial charge in [-0.2, -0.15) is 0 Å². The van der Waals surface area contributed by atoms with Gasteiger partial charge < -0.3 is 4.42 Å². The molecule has 0 fully saturated rings. The summed E-state index contributed by atoms with van der Waals surface area (Å²) in [5.74, 6) is 0.0509. The zero-order valence-corrected chi connectivity index (χ0v) is 8.08. The molecule has 0 unspecified atom stereocenters. The maximum absolute atomic E-state index is 10.7. The van der Waals surface area contributed by atoms with Gasteiger partial charge in [0, 0.05) is 10.7 Å². The largest absolute Gasteiger partial charge is 0.444 e. The molecule has 12 heavy (non-hydrogen) atoms. The molecule has 0 N–H and O–H groups in total. The second kappa shape index (κ2) is 3.12. The van der Waals surface area contributed by atoms with Gasteiger partial charge in [0.2, 0.25) is 0 Å². The first-order valence-corrected chi connectivity index (χ1v) is 5.49. The van der Waals surface area contributed by atoms with Crippen LogP contribution in [0.1, 0.15) is 5.76 Å². The van der Waals surface area contributed by atoms with Crippen LogP contribution in [0.5, 0.6) is 0 Å². The summed E-state index contributed by atoms with van der Waals surface area (Å²) in [7, 11) is 1.18. The van der Waals surface area contributed by atoms with Crippen molar-refractivity contribution in [3.63, 3.8) is 0 Å². The SMILES string of the molecule is C=C(c1ccc(Cl)o1)S(=O)(=O)Cl. The van der Waals surface area contributed by atoms with E-state index in [1.807, 2.05) is 0 Å². The van der Waals surface area contributed by atoms with Gasteiger partial charge in [0.15, 0.2) is 5.22 Å². The minimum absolute atomic E-state index is 0.0509. The molecule has 1 rings (SSSR count). The van der Waals surface area contributed by atoms with Crippen molar-refractivity contribution in [3.05, 3.63) is 29.7 Å². The second-order valence-electron chi connectivity index (χ2n) is 1.96. The fourth-order valence-electron chi connectivity index (χ4n) is 0.584. The van der Waals surface area contributed by atoms with E-state index in [1.54, 1.807) is 0 Å². The molecule has 3 nitrogen and oxygen atoms in total. The van der Waals surface area contributed by atoms with Crippen LogP contribution < -0.4 is 0 Å². The summed E-state index contributed by atoms with van der Waals surface area (Å²) in [5.41, 5.74) is 0. The number of furan rings is 1. The molecule has 0 aliphatic heterocycles. The molecule has 0 saturated heterocycles. The molecule has 1 heterocycles. The van der Waals surface area contributed by atoms with E-state index in [4.69, 9.17) is 26.7 Å². The van der Waals surface area contributed by atoms with Crippen molar-refractivity contribution >= 4 is 36.2 Å². The lowest BCUT2D eigenvalue weighted by Crippen LogP contribution is -1.90. The van der Waals surface area contributed by atoms with E-state index in [-0.39, 0.29) is 15.9 Å². The lowest BCUT2D eigenvalue weighted by atomic mass is 10.4. The highest BCUT2D eigenvalue weighted by Gasteiger charge is 2.16. The fourth-order valence-corrected chi connectivity index (χ4v) is 1.31. The van der Waals surface area contributed by atoms with Gasteiger partial charge in [0.05, 0.1) is 0 Å². The first-order valence-electron chi connectivity index (χ1n) is 2.80. The average Bonchev–Trinajstić information content (AvgIpc) is 2.32. The maximum atomic E-state index is 10.7. The Hall–Kier alpha value is -0.450. The lowest BCUT2D eigenvalue weighted by molar-refractivity contribution is 0.556. The normalized spacial score (nSPS) is 11.5. The molecule has 1 aromatic heterocycles. The molecule has 0 aromatic carbocycles. The zero-order valence-electron chi connectivity index (χ0n) is 5.75. The summed E-state index contributed by atoms with van der Waals surface area (Å²) in [6, 6.07) is 2.79. The third-order valence-electron chi connectivity index (χ3n) is 1.14. The predicted octanol–water partition coefficient (Wildman–Crippen LogP) is 2.47. The standard InChI is InChI=1S/C6H4Cl2O3S/c1-4(12(8,9)10)5-2-3-6(7)11-5/h2-3H,1H2. The van der Waals surface area contributed by atoms with Crippen LogP contribution in [0.2, 0.25) is 5.22 Å². The minimum Gasteiger partial charge on any atom is -0.444 e. The summed E-state index contributed by atoms with van der Waals surface area (Å²) >= 11 is 5.41. The Labute approximate surface area is 79.0 Å². The highest BCUT2D eigenvalue weighted by atomic mass is 35.7. The van der Waals surface area contributed by atoms with Crippen molar-refractivity contribution in [2.24, 2.45) is 0 Å². The van der Waals surface area contributed by atoms with Crippen molar-refractivity contribution in [1.29, 1.82) is 0 Å². The molecule has 0 atom stereocenters. The van der Waals surface area contributed by atoms with E-state index >= 15 is 0 Å². The van der Waals surface area contributed by atoms with E-state index in [1.165, 1.54) is 12.1 Å². The lowest BCUT2D eigenvalue weighted by Gasteiger charge is -1.94. The fraction of sp³-hybridized carbons (Fsp3) is 0. The molecule has 0 spiro atoms. The Morgan fingerprint density at radius 1 is 1.50 bits per heavy atom. The molecule has 0 bridgehead atoms. The first-order chi connectivity index (χ1) is 5.41. The quantitative estimate of drug-likeness (QED) is 0.729. The third kappa shape index (κ3) is 2.03. The Morgan fingerprint density at radius 2 is 2.08 bits per heavy atom. The van der Waals surface area contributed by atoms with Gasteiger partial charge in [-0.1, -0.05) is 6.58 Å². The van der Waals surface area contributed by atoms with Crippen molar-refractivity contribution in [2.75, 3.05) is 0 Å². The second-order valence-corrected chi connectivity index (χ2v) is 4.92. The molecule has 0 aliphatic carbocycles. The summed E-state index contributed by atoms with van der Waals surface area (Å²) in [5, 5.41) is 0.0893. The van der Waals surface area contributed by atoms with Gasteiger partial charge in [0.25, 0.3) is 9.05 Å². The van der Waals surface area contributed by atoms with Crippen LogP contribution in [0, 0.1) is 0 Å². The summed E-state index contributed by atoms with van der Waals surface area (Å²) in [6.45, 7) is 3.24. The smallest absolute Gasteiger partial charge is 0.264 e. The average molecular weight is 227 g/mol. The van der Waals surface area contributed by atoms with Gasteiger partial charge in [-0.25, -0.2) is 8.42 Å². The van der Waals surface area contributed by atoms with Crippen LogP contribution in [0.25, 0.3) is 4.91 Å². The Kier molecular flexibility index (Phi) is 2.51. The topological polar surface area (TPSA) is 47.3 Å². The summed E-state index contributed by atoms with van der Waals surface area (Å²) in [6.07, 6.45) is 0. The molecule has 66 valence electrons. The van der Waals surface area contributed by atoms with Gasteiger partial charge in [0.1, 0.15) is 10.7 Å². The van der Waals surface area contributed by atoms with E-state index < -0.39 is 9.05 Å². The van der Waals surface area contributed by atoms with Crippen molar-refractivity contribution in [1.82, 2.24) is 0 Å². The van der Waals surface area contributed by atoms with E-state index in [9.17, 15) is 8.42 Å². The van der Waals surface area contributed by atoms with Gasteiger partial charge in [-0.3, -0.25) is 0 Å². The highest BCUT2D eigenvalue weighted by Crippen LogP contribution is 2.25. The van der Waals surface area contributed by atoms with Gasteiger partial charge in [-0.15, -0.1) is 0 Å². The van der Waals surface area contributed by atoms with Crippen LogP contribution in [0.3, 0.4) is 0 Å². The van der Waals surface area contributed by atoms with Crippen LogP contribution in [-0.2, 0) is 9.05 Å². The zero-order chi connectivity index (χ0) is 9.35.